The number of unbranched alkanes of at least 4 members (excludes halogenated alkanes) is 13. The number of benzene rings is 1. The van der Waals surface area contributed by atoms with Crippen molar-refractivity contribution in [2.75, 3.05) is 23.4 Å². The lowest BCUT2D eigenvalue weighted by atomic mass is 9.82. The molecule has 3 atom stereocenters. The number of hydrogen-bond acceptors (Lipinski definition) is 6. The first-order valence-corrected chi connectivity index (χ1v) is 16.6. The van der Waals surface area contributed by atoms with E-state index in [4.69, 9.17) is 4.74 Å². The molecule has 0 saturated heterocycles. The summed E-state index contributed by atoms with van der Waals surface area (Å²) in [6, 6.07) is 8.30. The third kappa shape index (κ3) is 10.3. The van der Waals surface area contributed by atoms with Crippen molar-refractivity contribution in [2.45, 2.75) is 137 Å². The smallest absolute Gasteiger partial charge is 0.338 e. The Balaban J connectivity index is 1.53. The van der Waals surface area contributed by atoms with Gasteiger partial charge in [0.05, 0.1) is 18.2 Å². The maximum atomic E-state index is 12.6. The Kier molecular flexibility index (Phi) is 14.5. The number of fused-ring (bicyclic) bond motifs is 1. The molecule has 0 radical (unpaired) electrons. The lowest BCUT2D eigenvalue weighted by molar-refractivity contribution is 0.0526. The summed E-state index contributed by atoms with van der Waals surface area (Å²) in [7, 11) is 0. The maximum absolute atomic E-state index is 12.6. The summed E-state index contributed by atoms with van der Waals surface area (Å²) < 4.78 is 5.32. The molecule has 3 rings (SSSR count). The summed E-state index contributed by atoms with van der Waals surface area (Å²) >= 11 is 0. The van der Waals surface area contributed by atoms with Gasteiger partial charge in [-0.15, -0.1) is 0 Å². The van der Waals surface area contributed by atoms with Crippen LogP contribution in [0.1, 0.15) is 145 Å². The highest BCUT2D eigenvalue weighted by Gasteiger charge is 2.37. The molecule has 1 N–H and O–H groups in total. The Morgan fingerprint density at radius 3 is 2.07 bits per heavy atom. The first-order chi connectivity index (χ1) is 20.0. The molecule has 0 saturated carbocycles. The van der Waals surface area contributed by atoms with Gasteiger partial charge in [0, 0.05) is 36.1 Å². The molecule has 0 unspecified atom stereocenters. The second kappa shape index (κ2) is 18.0. The van der Waals surface area contributed by atoms with Crippen LogP contribution in [0.15, 0.2) is 30.5 Å². The first kappa shape index (κ1) is 32.9. The lowest BCUT2D eigenvalue weighted by Crippen LogP contribution is -2.46. The number of aryl methyl sites for hydroxylation is 1. The van der Waals surface area contributed by atoms with Crippen LogP contribution >= 0.6 is 0 Å². The zero-order valence-electron chi connectivity index (χ0n) is 26.6. The van der Waals surface area contributed by atoms with Crippen LogP contribution < -0.4 is 10.2 Å². The quantitative estimate of drug-likeness (QED) is 0.135. The van der Waals surface area contributed by atoms with Crippen molar-refractivity contribution < 1.29 is 9.53 Å². The van der Waals surface area contributed by atoms with Gasteiger partial charge in [0.1, 0.15) is 0 Å². The van der Waals surface area contributed by atoms with E-state index < -0.39 is 0 Å². The summed E-state index contributed by atoms with van der Waals surface area (Å²) in [6.45, 7) is 12.1. The zero-order valence-corrected chi connectivity index (χ0v) is 26.6. The molecule has 228 valence electrons. The minimum absolute atomic E-state index is 0.00349. The Labute approximate surface area is 250 Å². The summed E-state index contributed by atoms with van der Waals surface area (Å²) in [4.78, 5) is 24.2. The molecule has 1 aromatic carbocycles. The van der Waals surface area contributed by atoms with Crippen LogP contribution in [0.5, 0.6) is 0 Å². The van der Waals surface area contributed by atoms with E-state index in [0.29, 0.717) is 30.1 Å². The van der Waals surface area contributed by atoms with Crippen LogP contribution in [0, 0.1) is 12.8 Å². The van der Waals surface area contributed by atoms with Gasteiger partial charge < -0.3 is 15.0 Å². The molecule has 1 aliphatic heterocycles. The predicted octanol–water partition coefficient (Wildman–Crippen LogP) is 9.44. The molecule has 41 heavy (non-hydrogen) atoms. The van der Waals surface area contributed by atoms with Crippen molar-refractivity contribution >= 4 is 17.6 Å². The molecule has 1 aliphatic rings. The number of nitrogens with zero attached hydrogens (tertiary/aromatic N) is 3. The Hall–Kier alpha value is -2.63. The molecule has 1 aromatic heterocycles. The third-order valence-corrected chi connectivity index (χ3v) is 8.79. The van der Waals surface area contributed by atoms with Gasteiger partial charge in [0.25, 0.3) is 0 Å². The van der Waals surface area contributed by atoms with Crippen LogP contribution in [0.4, 0.5) is 11.6 Å². The molecular weight excluding hydrogens is 508 g/mol. The number of ether oxygens (including phenoxy) is 1. The molecule has 0 bridgehead atoms. The standard InChI is InChI=1S/C35H56N4O2/c1-6-8-9-10-11-12-13-14-15-16-17-18-19-20-25-39-29(5)28(4)33(38-35-36-24-23-27(3)37-35)31-26-30(21-22-32(31)39)34(40)41-7-2/h21-24,26,28-29,33H,6-20,25H2,1-5H3,(H,36,37,38)/t28-,29-,33+/m0/s1. The van der Waals surface area contributed by atoms with E-state index in [9.17, 15) is 4.79 Å². The molecular formula is C35H56N4O2. The lowest BCUT2D eigenvalue weighted by Gasteiger charge is -2.45. The van der Waals surface area contributed by atoms with E-state index in [1.54, 1.807) is 6.20 Å². The largest absolute Gasteiger partial charge is 0.462 e. The number of nitrogens with one attached hydrogen (secondary N) is 1. The van der Waals surface area contributed by atoms with E-state index in [0.717, 1.165) is 17.8 Å². The first-order valence-electron chi connectivity index (χ1n) is 16.6. The normalized spacial score (nSPS) is 18.3. The van der Waals surface area contributed by atoms with E-state index in [1.807, 2.05) is 32.0 Å². The molecule has 0 fully saturated rings. The number of anilines is 2. The summed E-state index contributed by atoms with van der Waals surface area (Å²) in [5, 5.41) is 3.60. The highest BCUT2D eigenvalue weighted by Crippen LogP contribution is 2.42. The van der Waals surface area contributed by atoms with Crippen molar-refractivity contribution in [1.82, 2.24) is 9.97 Å². The van der Waals surface area contributed by atoms with Crippen LogP contribution in [-0.4, -0.2) is 35.1 Å². The predicted molar refractivity (Wildman–Crippen MR) is 172 cm³/mol. The minimum atomic E-state index is -0.273. The molecule has 6 nitrogen and oxygen atoms in total. The van der Waals surface area contributed by atoms with E-state index in [2.05, 4.69) is 47.0 Å². The van der Waals surface area contributed by atoms with Gasteiger partial charge in [-0.3, -0.25) is 0 Å². The molecule has 2 heterocycles. The summed E-state index contributed by atoms with van der Waals surface area (Å²) in [5.74, 6) is 0.656. The highest BCUT2D eigenvalue weighted by atomic mass is 16.5. The Morgan fingerprint density at radius 2 is 1.49 bits per heavy atom. The second-order valence-corrected chi connectivity index (χ2v) is 12.0. The second-order valence-electron chi connectivity index (χ2n) is 12.0. The Morgan fingerprint density at radius 1 is 0.878 bits per heavy atom. The van der Waals surface area contributed by atoms with Gasteiger partial charge in [0.2, 0.25) is 5.95 Å². The van der Waals surface area contributed by atoms with Crippen molar-refractivity contribution in [2.24, 2.45) is 5.92 Å². The van der Waals surface area contributed by atoms with Gasteiger partial charge in [-0.05, 0) is 57.0 Å². The topological polar surface area (TPSA) is 67.3 Å². The van der Waals surface area contributed by atoms with Crippen molar-refractivity contribution in [1.29, 1.82) is 0 Å². The molecule has 0 aliphatic carbocycles. The monoisotopic (exact) mass is 564 g/mol. The zero-order chi connectivity index (χ0) is 29.5. The van der Waals surface area contributed by atoms with Crippen LogP contribution in [0.2, 0.25) is 0 Å². The Bertz CT molecular complexity index is 1040. The van der Waals surface area contributed by atoms with Crippen molar-refractivity contribution in [3.8, 4) is 0 Å². The third-order valence-electron chi connectivity index (χ3n) is 8.79. The molecule has 0 amide bonds. The van der Waals surface area contributed by atoms with E-state index >= 15 is 0 Å². The molecule has 6 heteroatoms. The van der Waals surface area contributed by atoms with Gasteiger partial charge in [-0.2, -0.15) is 0 Å². The van der Waals surface area contributed by atoms with Crippen molar-refractivity contribution in [3.05, 3.63) is 47.3 Å². The average molecular weight is 565 g/mol. The van der Waals surface area contributed by atoms with Crippen molar-refractivity contribution in [3.63, 3.8) is 0 Å². The fourth-order valence-corrected chi connectivity index (χ4v) is 6.14. The average Bonchev–Trinajstić information content (AvgIpc) is 2.97. The van der Waals surface area contributed by atoms with Crippen LogP contribution in [-0.2, 0) is 4.74 Å². The number of rotatable bonds is 19. The van der Waals surface area contributed by atoms with Gasteiger partial charge in [0.15, 0.2) is 0 Å². The molecule has 0 spiro atoms. The number of carbonyl (C=O) groups excluding carboxylic acids is 1. The number of carbonyl (C=O) groups is 1. The summed E-state index contributed by atoms with van der Waals surface area (Å²) in [5.41, 5.74) is 3.85. The fraction of sp³-hybridized carbons (Fsp3) is 0.686. The fourth-order valence-electron chi connectivity index (χ4n) is 6.14. The van der Waals surface area contributed by atoms with E-state index in [1.165, 1.54) is 95.6 Å². The van der Waals surface area contributed by atoms with Gasteiger partial charge in [-0.1, -0.05) is 97.3 Å². The SMILES string of the molecule is CCCCCCCCCCCCCCCCN1c2ccc(C(=O)OCC)cc2[C@H](Nc2nccc(C)n2)[C@@H](C)[C@@H]1C. The van der Waals surface area contributed by atoms with Gasteiger partial charge in [-0.25, -0.2) is 14.8 Å². The van der Waals surface area contributed by atoms with Crippen LogP contribution in [0.25, 0.3) is 0 Å². The van der Waals surface area contributed by atoms with E-state index in [-0.39, 0.29) is 12.0 Å². The van der Waals surface area contributed by atoms with Crippen LogP contribution in [0.3, 0.4) is 0 Å². The summed E-state index contributed by atoms with van der Waals surface area (Å²) in [6.07, 6.45) is 21.0. The minimum Gasteiger partial charge on any atom is -0.462 e. The number of esters is 1. The molecule has 2 aromatic rings. The number of hydrogen-bond donors (Lipinski definition) is 1. The maximum Gasteiger partial charge on any atom is 0.338 e. The number of aromatic nitrogens is 2. The van der Waals surface area contributed by atoms with Gasteiger partial charge >= 0.3 is 5.97 Å². The highest BCUT2D eigenvalue weighted by molar-refractivity contribution is 5.90.